The molecule has 0 aliphatic carbocycles. The van der Waals surface area contributed by atoms with Crippen LogP contribution in [0.5, 0.6) is 0 Å². The van der Waals surface area contributed by atoms with Crippen molar-refractivity contribution in [1.82, 2.24) is 19.8 Å². The van der Waals surface area contributed by atoms with Crippen molar-refractivity contribution in [2.75, 3.05) is 38.7 Å². The number of halogens is 1. The Bertz CT molecular complexity index is 732. The second-order valence-electron chi connectivity index (χ2n) is 7.04. The van der Waals surface area contributed by atoms with Crippen molar-refractivity contribution in [1.29, 1.82) is 0 Å². The first-order valence-electron chi connectivity index (χ1n) is 9.24. The van der Waals surface area contributed by atoms with Crippen LogP contribution in [-0.4, -0.2) is 88.9 Å². The van der Waals surface area contributed by atoms with Gasteiger partial charge in [0.25, 0.3) is 0 Å². The minimum absolute atomic E-state index is 0.0772. The normalized spacial score (nSPS) is 23.2. The van der Waals surface area contributed by atoms with Gasteiger partial charge >= 0.3 is 0 Å². The van der Waals surface area contributed by atoms with E-state index in [1.54, 1.807) is 45.8 Å². The summed E-state index contributed by atoms with van der Waals surface area (Å²) in [7, 11) is 1.69. The van der Waals surface area contributed by atoms with Crippen LogP contribution < -0.4 is 0 Å². The number of hydrogen-bond donors (Lipinski definition) is 0. The Morgan fingerprint density at radius 2 is 1.96 bits per heavy atom. The van der Waals surface area contributed by atoms with Crippen LogP contribution in [0.25, 0.3) is 0 Å². The summed E-state index contributed by atoms with van der Waals surface area (Å²) in [6.45, 7) is 0.799. The molecule has 1 unspecified atom stereocenters. The molecule has 2 atom stereocenters. The maximum Gasteiger partial charge on any atom is 0.245 e. The third-order valence-corrected chi connectivity index (χ3v) is 5.92. The predicted octanol–water partition coefficient (Wildman–Crippen LogP) is 0.806. The fraction of sp³-hybridized carbons (Fsp3) is 0.526. The van der Waals surface area contributed by atoms with E-state index in [9.17, 15) is 18.8 Å². The number of carbonyl (C=O) groups is 3. The molecule has 0 N–H and O–H groups in total. The number of hydrogen-bond acceptors (Lipinski definition) is 5. The molecule has 3 rings (SSSR count). The zero-order valence-corrected chi connectivity index (χ0v) is 16.9. The fourth-order valence-electron chi connectivity index (χ4n) is 3.81. The van der Waals surface area contributed by atoms with Crippen molar-refractivity contribution in [3.05, 3.63) is 35.6 Å². The van der Waals surface area contributed by atoms with E-state index in [0.29, 0.717) is 25.8 Å². The van der Waals surface area contributed by atoms with Crippen LogP contribution in [0.15, 0.2) is 24.3 Å². The lowest BCUT2D eigenvalue weighted by atomic mass is 10.0. The summed E-state index contributed by atoms with van der Waals surface area (Å²) in [4.78, 5) is 40.8. The summed E-state index contributed by atoms with van der Waals surface area (Å²) >= 11 is 1.62. The molecule has 2 aliphatic rings. The molecule has 3 amide bonds. The zero-order chi connectivity index (χ0) is 20.3. The highest BCUT2D eigenvalue weighted by molar-refractivity contribution is 7.98. The van der Waals surface area contributed by atoms with E-state index in [1.165, 1.54) is 17.1 Å². The molecule has 2 heterocycles. The zero-order valence-electron chi connectivity index (χ0n) is 16.1. The Morgan fingerprint density at radius 1 is 1.25 bits per heavy atom. The van der Waals surface area contributed by atoms with Gasteiger partial charge in [0.05, 0.1) is 13.1 Å². The summed E-state index contributed by atoms with van der Waals surface area (Å²) in [5.41, 5.74) is 0.932. The van der Waals surface area contributed by atoms with E-state index in [2.05, 4.69) is 0 Å². The van der Waals surface area contributed by atoms with Crippen molar-refractivity contribution in [3.8, 4) is 0 Å². The summed E-state index contributed by atoms with van der Waals surface area (Å²) in [5, 5.41) is 3.08. The molecule has 0 saturated carbocycles. The topological polar surface area (TPSA) is 64.2 Å². The number of hydrazine groups is 1. The first-order valence-corrected chi connectivity index (χ1v) is 10.6. The van der Waals surface area contributed by atoms with Crippen molar-refractivity contribution in [2.24, 2.45) is 0 Å². The summed E-state index contributed by atoms with van der Waals surface area (Å²) in [6, 6.07) is 5.65. The van der Waals surface area contributed by atoms with Crippen molar-refractivity contribution in [2.45, 2.75) is 25.0 Å². The van der Waals surface area contributed by atoms with Crippen molar-refractivity contribution >= 4 is 30.0 Å². The Morgan fingerprint density at radius 3 is 2.61 bits per heavy atom. The average Bonchev–Trinajstić information content (AvgIpc) is 2.67. The van der Waals surface area contributed by atoms with Gasteiger partial charge < -0.3 is 9.80 Å². The molecule has 1 aromatic rings. The number of thioether (sulfide) groups is 1. The minimum Gasteiger partial charge on any atom is -0.337 e. The average molecular weight is 408 g/mol. The number of piperazine rings is 1. The molecule has 0 bridgehead atoms. The summed E-state index contributed by atoms with van der Waals surface area (Å²) in [5.74, 6) is 0.227. The van der Waals surface area contributed by atoms with E-state index in [4.69, 9.17) is 0 Å². The second-order valence-corrected chi connectivity index (χ2v) is 8.03. The lowest BCUT2D eigenvalue weighted by Crippen LogP contribution is -2.74. The van der Waals surface area contributed by atoms with Crippen LogP contribution in [0.4, 0.5) is 4.39 Å². The molecular formula is C19H25FN4O3S. The predicted molar refractivity (Wildman–Crippen MR) is 105 cm³/mol. The van der Waals surface area contributed by atoms with Gasteiger partial charge in [0.1, 0.15) is 18.0 Å². The molecule has 0 aromatic heterocycles. The maximum absolute atomic E-state index is 13.1. The Balaban J connectivity index is 1.81. The van der Waals surface area contributed by atoms with E-state index >= 15 is 0 Å². The molecule has 7 nitrogen and oxygen atoms in total. The highest BCUT2D eigenvalue weighted by Crippen LogP contribution is 2.27. The lowest BCUT2D eigenvalue weighted by molar-refractivity contribution is -0.196. The first-order chi connectivity index (χ1) is 13.5. The first kappa shape index (κ1) is 20.6. The number of fused-ring (bicyclic) bond motifs is 1. The minimum atomic E-state index is -0.567. The van der Waals surface area contributed by atoms with Gasteiger partial charge in [-0.3, -0.25) is 19.4 Å². The molecule has 9 heteroatoms. The molecule has 2 saturated heterocycles. The van der Waals surface area contributed by atoms with Gasteiger partial charge in [-0.15, -0.1) is 0 Å². The van der Waals surface area contributed by atoms with Crippen LogP contribution in [0.2, 0.25) is 0 Å². The lowest BCUT2D eigenvalue weighted by Gasteiger charge is -2.53. The van der Waals surface area contributed by atoms with E-state index in [0.717, 1.165) is 11.3 Å². The van der Waals surface area contributed by atoms with Gasteiger partial charge in [0.15, 0.2) is 0 Å². The second kappa shape index (κ2) is 8.91. The SMILES string of the molecule is CSCC[C@H]1C(=O)N(CCc2ccc(F)cc2)CC2N1C(=O)CN(C)N2C=O. The number of nitrogens with zero attached hydrogens (tertiary/aromatic N) is 4. The van der Waals surface area contributed by atoms with E-state index in [1.807, 2.05) is 6.26 Å². The van der Waals surface area contributed by atoms with E-state index in [-0.39, 0.29) is 30.7 Å². The maximum atomic E-state index is 13.1. The molecule has 0 spiro atoms. The number of amides is 3. The molecule has 152 valence electrons. The van der Waals surface area contributed by atoms with E-state index < -0.39 is 12.2 Å². The van der Waals surface area contributed by atoms with Gasteiger partial charge in [-0.05, 0) is 42.5 Å². The Labute approximate surface area is 168 Å². The monoisotopic (exact) mass is 408 g/mol. The van der Waals surface area contributed by atoms with Gasteiger partial charge in [-0.2, -0.15) is 11.8 Å². The molecule has 28 heavy (non-hydrogen) atoms. The number of carbonyl (C=O) groups excluding carboxylic acids is 3. The Kier molecular flexibility index (Phi) is 6.56. The van der Waals surface area contributed by atoms with Crippen LogP contribution >= 0.6 is 11.8 Å². The quantitative estimate of drug-likeness (QED) is 0.625. The fourth-order valence-corrected chi connectivity index (χ4v) is 4.27. The number of likely N-dealkylation sites (N-methyl/N-ethyl adjacent to an activating group) is 1. The highest BCUT2D eigenvalue weighted by atomic mass is 32.2. The van der Waals surface area contributed by atoms with Crippen LogP contribution in [0.1, 0.15) is 12.0 Å². The molecule has 0 radical (unpaired) electrons. The van der Waals surface area contributed by atoms with Gasteiger partial charge in [-0.25, -0.2) is 9.40 Å². The van der Waals surface area contributed by atoms with Crippen LogP contribution in [0, 0.1) is 5.82 Å². The summed E-state index contributed by atoms with van der Waals surface area (Å²) in [6.07, 6.45) is 3.30. The Hall–Kier alpha value is -2.13. The third-order valence-electron chi connectivity index (χ3n) is 5.28. The van der Waals surface area contributed by atoms with Gasteiger partial charge in [-0.1, -0.05) is 12.1 Å². The number of benzene rings is 1. The molecule has 1 aromatic carbocycles. The molecule has 2 fully saturated rings. The largest absolute Gasteiger partial charge is 0.337 e. The van der Waals surface area contributed by atoms with Crippen LogP contribution in [0.3, 0.4) is 0 Å². The highest BCUT2D eigenvalue weighted by Gasteiger charge is 2.48. The van der Waals surface area contributed by atoms with Gasteiger partial charge in [0, 0.05) is 13.6 Å². The van der Waals surface area contributed by atoms with Crippen molar-refractivity contribution in [3.63, 3.8) is 0 Å². The summed E-state index contributed by atoms with van der Waals surface area (Å²) < 4.78 is 13.1. The molecule has 2 aliphatic heterocycles. The van der Waals surface area contributed by atoms with Crippen molar-refractivity contribution < 1.29 is 18.8 Å². The smallest absolute Gasteiger partial charge is 0.245 e. The standard InChI is InChI=1S/C19H25FN4O3S/c1-21-12-18(26)24-16(8-10-28-2)19(27)22(11-17(24)23(21)13-25)9-7-14-3-5-15(20)6-4-14/h3-6,13,16-17H,7-12H2,1-2H3/t16-,17?/m0/s1. The molecular weight excluding hydrogens is 383 g/mol. The number of rotatable bonds is 7. The van der Waals surface area contributed by atoms with Gasteiger partial charge in [0.2, 0.25) is 18.2 Å². The third kappa shape index (κ3) is 4.15. The van der Waals surface area contributed by atoms with Crippen LogP contribution in [-0.2, 0) is 20.8 Å².